The number of hydrogen-bond acceptors (Lipinski definition) is 10. The van der Waals surface area contributed by atoms with Gasteiger partial charge in [0.05, 0.1) is 9.40 Å². The van der Waals surface area contributed by atoms with E-state index in [0.717, 1.165) is 19.2 Å². The summed E-state index contributed by atoms with van der Waals surface area (Å²) in [5, 5.41) is 39.3. The van der Waals surface area contributed by atoms with Crippen LogP contribution in [0.15, 0.2) is 95.1 Å². The molecule has 4 aliphatic rings. The number of nitriles is 4. The molecule has 0 radical (unpaired) electrons. The van der Waals surface area contributed by atoms with Crippen molar-refractivity contribution in [3.8, 4) is 45.2 Å². The summed E-state index contributed by atoms with van der Waals surface area (Å²) in [6.07, 6.45) is 3.70. The SMILES string of the molecule is CC1(C)c2cc3c(cc2-c2sc4cc(/C=C5\C(=O)c6ccccc6C5=C(C#N)C#N)sc4c21)C(C)(C)c1c-3sc2cc(/C=C3\C(=O)c4ccccc4C3=C(C#N)C#N)sc12. The number of hydrogen-bond donors (Lipinski definition) is 0. The first-order chi connectivity index (χ1) is 28.9. The lowest BCUT2D eigenvalue weighted by Gasteiger charge is -2.24. The number of nitrogens with zero attached hydrogens (tertiary/aromatic N) is 4. The van der Waals surface area contributed by atoms with Crippen molar-refractivity contribution in [1.29, 1.82) is 21.0 Å². The molecule has 10 heteroatoms. The summed E-state index contributed by atoms with van der Waals surface area (Å²) in [4.78, 5) is 31.7. The predicted octanol–water partition coefficient (Wildman–Crippen LogP) is 13.0. The maximum Gasteiger partial charge on any atom is 0.194 e. The molecule has 3 aromatic carbocycles. The first kappa shape index (κ1) is 36.3. The zero-order chi connectivity index (χ0) is 41.6. The Morgan fingerprint density at radius 1 is 0.517 bits per heavy atom. The predicted molar refractivity (Wildman–Crippen MR) is 242 cm³/mol. The van der Waals surface area contributed by atoms with Gasteiger partial charge in [-0.1, -0.05) is 76.2 Å². The van der Waals surface area contributed by atoms with Gasteiger partial charge in [0.25, 0.3) is 0 Å². The lowest BCUT2D eigenvalue weighted by molar-refractivity contribution is 0.103. The topological polar surface area (TPSA) is 129 Å². The lowest BCUT2D eigenvalue weighted by Crippen LogP contribution is -2.17. The van der Waals surface area contributed by atoms with Crippen LogP contribution in [0, 0.1) is 45.3 Å². The molecular formula is C50H26N4O2S4. The van der Waals surface area contributed by atoms with Gasteiger partial charge in [0.1, 0.15) is 35.4 Å². The fourth-order valence-corrected chi connectivity index (χ4v) is 15.6. The van der Waals surface area contributed by atoms with Crippen LogP contribution >= 0.6 is 45.3 Å². The number of Topliss-reactive ketones (excluding diaryl/α,β-unsaturated/α-hetero) is 2. The summed E-state index contributed by atoms with van der Waals surface area (Å²) < 4.78 is 4.66. The highest BCUT2D eigenvalue weighted by Gasteiger charge is 2.45. The zero-order valence-electron chi connectivity index (χ0n) is 32.3. The molecule has 0 atom stereocenters. The molecular weight excluding hydrogens is 817 g/mol. The standard InChI is InChI=1S/C50H26N4O2S4/c1-49(2)35-17-32-36(18-31(35)45-41(49)47-37(59-45)15-25(57-47)13-33-39(23(19-51)20-52)27-9-5-7-11-29(27)43(33)55)50(3,4)42-46(32)60-38-16-26(58-48(38)42)14-34-40(24(21-53)22-54)28-10-6-8-12-30(28)44(34)56/h5-18H,1-4H3/b33-13-,34-14-. The zero-order valence-corrected chi connectivity index (χ0v) is 35.6. The fraction of sp³-hybridized carbons (Fsp3) is 0.120. The fourth-order valence-electron chi connectivity index (χ4n) is 9.73. The van der Waals surface area contributed by atoms with Gasteiger partial charge < -0.3 is 0 Å². The van der Waals surface area contributed by atoms with Crippen LogP contribution in [0.25, 0.3) is 63.0 Å². The van der Waals surface area contributed by atoms with E-state index in [1.165, 1.54) is 52.5 Å². The van der Waals surface area contributed by atoms with Crippen molar-refractivity contribution in [3.63, 3.8) is 0 Å². The Balaban J connectivity index is 0.989. The smallest absolute Gasteiger partial charge is 0.194 e. The van der Waals surface area contributed by atoms with Gasteiger partial charge in [0.2, 0.25) is 0 Å². The largest absolute Gasteiger partial charge is 0.289 e. The first-order valence-electron chi connectivity index (χ1n) is 19.1. The van der Waals surface area contributed by atoms with E-state index in [0.29, 0.717) is 44.5 Å². The third-order valence-electron chi connectivity index (χ3n) is 12.4. The van der Waals surface area contributed by atoms with Gasteiger partial charge in [-0.15, -0.1) is 45.3 Å². The number of fused-ring (bicyclic) bond motifs is 12. The second kappa shape index (κ2) is 12.4. The van der Waals surface area contributed by atoms with Gasteiger partial charge in [-0.25, -0.2) is 0 Å². The molecule has 60 heavy (non-hydrogen) atoms. The van der Waals surface area contributed by atoms with E-state index >= 15 is 0 Å². The van der Waals surface area contributed by atoms with Crippen LogP contribution in [0.2, 0.25) is 0 Å². The van der Waals surface area contributed by atoms with Crippen molar-refractivity contribution in [3.05, 3.63) is 149 Å². The second-order valence-electron chi connectivity index (χ2n) is 16.3. The minimum atomic E-state index is -0.296. The van der Waals surface area contributed by atoms with E-state index in [1.807, 2.05) is 48.6 Å². The molecule has 4 heterocycles. The number of carbonyl (C=O) groups is 2. The molecule has 0 N–H and O–H groups in total. The van der Waals surface area contributed by atoms with E-state index < -0.39 is 0 Å². The summed E-state index contributed by atoms with van der Waals surface area (Å²) >= 11 is 6.85. The molecule has 0 fully saturated rings. The van der Waals surface area contributed by atoms with Gasteiger partial charge >= 0.3 is 0 Å². The van der Waals surface area contributed by atoms with Crippen molar-refractivity contribution >= 4 is 99.0 Å². The maximum absolute atomic E-state index is 13.7. The number of rotatable bonds is 2. The number of thiophene rings is 4. The Morgan fingerprint density at radius 2 is 0.883 bits per heavy atom. The number of allylic oxidation sites excluding steroid dienone is 6. The average Bonchev–Trinajstić information content (AvgIpc) is 4.11. The summed E-state index contributed by atoms with van der Waals surface area (Å²) in [5.41, 5.74) is 10.7. The van der Waals surface area contributed by atoms with Crippen molar-refractivity contribution in [2.45, 2.75) is 38.5 Å². The third kappa shape index (κ3) is 4.62. The van der Waals surface area contributed by atoms with E-state index in [9.17, 15) is 30.6 Å². The lowest BCUT2D eigenvalue weighted by atomic mass is 9.79. The van der Waals surface area contributed by atoms with Crippen LogP contribution in [0.1, 0.15) is 91.5 Å². The van der Waals surface area contributed by atoms with Gasteiger partial charge in [0.15, 0.2) is 11.6 Å². The Kier molecular flexibility index (Phi) is 7.50. The minimum absolute atomic E-state index is 0.0667. The van der Waals surface area contributed by atoms with Gasteiger partial charge in [-0.2, -0.15) is 21.0 Å². The maximum atomic E-state index is 13.7. The van der Waals surface area contributed by atoms with Crippen LogP contribution in [0.3, 0.4) is 0 Å². The van der Waals surface area contributed by atoms with Crippen LogP contribution < -0.4 is 0 Å². The van der Waals surface area contributed by atoms with Crippen molar-refractivity contribution < 1.29 is 9.59 Å². The molecule has 0 aliphatic heterocycles. The quantitative estimate of drug-likeness (QED) is 0.126. The normalized spacial score (nSPS) is 17.3. The Bertz CT molecular complexity index is 3310. The Hall–Kier alpha value is -6.76. The van der Waals surface area contributed by atoms with Gasteiger partial charge in [-0.05, 0) is 80.9 Å². The number of benzene rings is 3. The summed E-state index contributed by atoms with van der Waals surface area (Å²) in [6, 6.07) is 31.4. The van der Waals surface area contributed by atoms with E-state index in [2.05, 4.69) is 52.0 Å². The molecule has 282 valence electrons. The first-order valence-corrected chi connectivity index (χ1v) is 22.3. The van der Waals surface area contributed by atoms with Crippen molar-refractivity contribution in [1.82, 2.24) is 0 Å². The molecule has 0 bridgehead atoms. The molecule has 0 saturated heterocycles. The van der Waals surface area contributed by atoms with Crippen molar-refractivity contribution in [2.75, 3.05) is 0 Å². The van der Waals surface area contributed by atoms with E-state index in [4.69, 9.17) is 0 Å². The third-order valence-corrected chi connectivity index (χ3v) is 17.2. The number of carbonyl (C=O) groups excluding carboxylic acids is 2. The summed E-state index contributed by atoms with van der Waals surface area (Å²) in [5.74, 6) is -0.357. The molecule has 4 aromatic heterocycles. The highest BCUT2D eigenvalue weighted by molar-refractivity contribution is 7.31. The molecule has 6 nitrogen and oxygen atoms in total. The monoisotopic (exact) mass is 842 g/mol. The van der Waals surface area contributed by atoms with Crippen LogP contribution in [-0.2, 0) is 10.8 Å². The van der Waals surface area contributed by atoms with Gasteiger partial charge in [0, 0.05) is 73.2 Å². The molecule has 11 rings (SSSR count). The summed E-state index contributed by atoms with van der Waals surface area (Å²) in [6.45, 7) is 9.17. The highest BCUT2D eigenvalue weighted by atomic mass is 32.1. The molecule has 0 saturated carbocycles. The van der Waals surface area contributed by atoms with Crippen LogP contribution in [-0.4, -0.2) is 11.6 Å². The molecule has 0 unspecified atom stereocenters. The highest BCUT2D eigenvalue weighted by Crippen LogP contribution is 2.63. The minimum Gasteiger partial charge on any atom is -0.289 e. The van der Waals surface area contributed by atoms with Crippen LogP contribution in [0.5, 0.6) is 0 Å². The molecule has 4 aliphatic carbocycles. The number of ketones is 2. The van der Waals surface area contributed by atoms with Crippen molar-refractivity contribution in [2.24, 2.45) is 0 Å². The second-order valence-corrected chi connectivity index (χ2v) is 20.6. The van der Waals surface area contributed by atoms with Crippen LogP contribution in [0.4, 0.5) is 0 Å². The average molecular weight is 843 g/mol. The molecule has 0 spiro atoms. The Labute approximate surface area is 360 Å². The Morgan fingerprint density at radius 3 is 1.25 bits per heavy atom. The summed E-state index contributed by atoms with van der Waals surface area (Å²) in [7, 11) is 0. The molecule has 7 aromatic rings. The van der Waals surface area contributed by atoms with E-state index in [-0.39, 0.29) is 33.5 Å². The molecule has 0 amide bonds. The van der Waals surface area contributed by atoms with Gasteiger partial charge in [-0.3, -0.25) is 9.59 Å². The van der Waals surface area contributed by atoms with E-state index in [1.54, 1.807) is 81.7 Å².